The molecule has 26 heavy (non-hydrogen) atoms. The third-order valence-corrected chi connectivity index (χ3v) is 10.4. The molecule has 0 aliphatic rings. The second-order valence-corrected chi connectivity index (χ2v) is 14.2. The van der Waals surface area contributed by atoms with Gasteiger partial charge in [-0.1, -0.05) is 79.2 Å². The van der Waals surface area contributed by atoms with E-state index >= 15 is 0 Å². The summed E-state index contributed by atoms with van der Waals surface area (Å²) in [6, 6.07) is 18.9. The summed E-state index contributed by atoms with van der Waals surface area (Å²) in [4.78, 5) is 0. The molecule has 0 aliphatic carbocycles. The highest BCUT2D eigenvalue weighted by Crippen LogP contribution is 2.40. The molecule has 0 fully saturated rings. The molecule has 0 spiro atoms. The first-order valence-electron chi connectivity index (χ1n) is 9.33. The van der Waals surface area contributed by atoms with E-state index in [0.717, 1.165) is 17.3 Å². The van der Waals surface area contributed by atoms with Gasteiger partial charge in [0.2, 0.25) is 0 Å². The van der Waals surface area contributed by atoms with Crippen molar-refractivity contribution in [1.82, 2.24) is 0 Å². The number of benzene rings is 2. The van der Waals surface area contributed by atoms with Crippen LogP contribution in [-0.2, 0) is 10.8 Å². The lowest BCUT2D eigenvalue weighted by Crippen LogP contribution is -2.45. The van der Waals surface area contributed by atoms with Crippen LogP contribution in [0.2, 0.25) is 18.1 Å². The first-order valence-corrected chi connectivity index (χ1v) is 13.0. The van der Waals surface area contributed by atoms with Crippen LogP contribution in [0.1, 0.15) is 44.4 Å². The average Bonchev–Trinajstić information content (AvgIpc) is 2.59. The van der Waals surface area contributed by atoms with E-state index in [0.29, 0.717) is 0 Å². The van der Waals surface area contributed by atoms with Gasteiger partial charge in [-0.25, -0.2) is 0 Å². The molecular formula is C22H32BrNOSi. The van der Waals surface area contributed by atoms with Crippen molar-refractivity contribution in [2.75, 3.05) is 0 Å². The van der Waals surface area contributed by atoms with Crippen molar-refractivity contribution in [1.29, 1.82) is 0 Å². The zero-order valence-corrected chi connectivity index (χ0v) is 19.2. The predicted octanol–water partition coefficient (Wildman–Crippen LogP) is 6.47. The van der Waals surface area contributed by atoms with Crippen LogP contribution < -0.4 is 5.73 Å². The maximum Gasteiger partial charge on any atom is 0.192 e. The lowest BCUT2D eigenvalue weighted by atomic mass is 9.97. The normalized spacial score (nSPS) is 14.9. The third kappa shape index (κ3) is 5.78. The molecule has 0 aromatic heterocycles. The standard InChI is InChI=1S/C22H32BrNOSi/c1-22(2,3)26(4,5)25-21(18-9-7-6-8-10-18)20(24)16-13-17-11-14-19(23)15-12-17/h6-12,14-15,20-21H,13,16,24H2,1-5H3/t20-,21-/m1/s1. The molecule has 0 saturated carbocycles. The first-order chi connectivity index (χ1) is 12.1. The van der Waals surface area contributed by atoms with Crippen LogP contribution in [0, 0.1) is 0 Å². The summed E-state index contributed by atoms with van der Waals surface area (Å²) >= 11 is 3.49. The minimum Gasteiger partial charge on any atom is -0.408 e. The van der Waals surface area contributed by atoms with Gasteiger partial charge in [0.25, 0.3) is 0 Å². The fourth-order valence-corrected chi connectivity index (χ4v) is 4.24. The summed E-state index contributed by atoms with van der Waals surface area (Å²) < 4.78 is 7.87. The lowest BCUT2D eigenvalue weighted by molar-refractivity contribution is 0.150. The smallest absolute Gasteiger partial charge is 0.192 e. The molecule has 2 N–H and O–H groups in total. The highest BCUT2D eigenvalue weighted by atomic mass is 79.9. The molecule has 0 heterocycles. The third-order valence-electron chi connectivity index (χ3n) is 5.42. The van der Waals surface area contributed by atoms with Crippen LogP contribution in [0.15, 0.2) is 59.1 Å². The number of hydrogen-bond acceptors (Lipinski definition) is 2. The molecule has 0 aliphatic heterocycles. The van der Waals surface area contributed by atoms with Crippen molar-refractivity contribution in [2.24, 2.45) is 5.73 Å². The van der Waals surface area contributed by atoms with Crippen LogP contribution >= 0.6 is 15.9 Å². The van der Waals surface area contributed by atoms with Crippen LogP contribution in [0.25, 0.3) is 0 Å². The Bertz CT molecular complexity index is 680. The molecule has 142 valence electrons. The van der Waals surface area contributed by atoms with E-state index in [1.54, 1.807) is 0 Å². The van der Waals surface area contributed by atoms with Gasteiger partial charge in [0, 0.05) is 10.5 Å². The SMILES string of the molecule is CC(C)(C)[Si](C)(C)O[C@H](c1ccccc1)[C@H](N)CCc1ccc(Br)cc1. The number of halogens is 1. The maximum absolute atomic E-state index is 6.76. The van der Waals surface area contributed by atoms with Crippen LogP contribution in [0.5, 0.6) is 0 Å². The second kappa shape index (κ2) is 8.83. The van der Waals surface area contributed by atoms with Crippen molar-refractivity contribution in [2.45, 2.75) is 63.9 Å². The van der Waals surface area contributed by atoms with Gasteiger partial charge in [0.05, 0.1) is 6.10 Å². The first kappa shape index (κ1) is 21.4. The summed E-state index contributed by atoms with van der Waals surface area (Å²) in [5.74, 6) is 0. The Morgan fingerprint density at radius 1 is 1.00 bits per heavy atom. The van der Waals surface area contributed by atoms with Crippen molar-refractivity contribution < 1.29 is 4.43 Å². The van der Waals surface area contributed by atoms with Crippen molar-refractivity contribution in [3.63, 3.8) is 0 Å². The number of nitrogens with two attached hydrogens (primary N) is 1. The molecule has 0 saturated heterocycles. The molecule has 0 amide bonds. The van der Waals surface area contributed by atoms with Crippen LogP contribution in [0.4, 0.5) is 0 Å². The fraction of sp³-hybridized carbons (Fsp3) is 0.455. The number of hydrogen-bond donors (Lipinski definition) is 1. The fourth-order valence-electron chi connectivity index (χ4n) is 2.68. The molecule has 0 radical (unpaired) electrons. The summed E-state index contributed by atoms with van der Waals surface area (Å²) in [5.41, 5.74) is 9.16. The quantitative estimate of drug-likeness (QED) is 0.507. The van der Waals surface area contributed by atoms with Gasteiger partial charge in [0.1, 0.15) is 0 Å². The Hall–Kier alpha value is -0.943. The Morgan fingerprint density at radius 2 is 1.58 bits per heavy atom. The molecule has 2 nitrogen and oxygen atoms in total. The highest BCUT2D eigenvalue weighted by Gasteiger charge is 2.40. The highest BCUT2D eigenvalue weighted by molar-refractivity contribution is 9.10. The minimum atomic E-state index is -1.92. The van der Waals surface area contributed by atoms with E-state index in [4.69, 9.17) is 10.2 Å². The van der Waals surface area contributed by atoms with Crippen LogP contribution in [0.3, 0.4) is 0 Å². The van der Waals surface area contributed by atoms with Gasteiger partial charge in [-0.2, -0.15) is 0 Å². The van der Waals surface area contributed by atoms with Crippen molar-refractivity contribution in [3.8, 4) is 0 Å². The van der Waals surface area contributed by atoms with E-state index < -0.39 is 8.32 Å². The Balaban J connectivity index is 2.16. The Morgan fingerprint density at radius 3 is 2.12 bits per heavy atom. The van der Waals surface area contributed by atoms with E-state index in [2.05, 4.69) is 98.3 Å². The maximum atomic E-state index is 6.76. The number of aryl methyl sites for hydroxylation is 1. The van der Waals surface area contributed by atoms with E-state index in [-0.39, 0.29) is 17.2 Å². The van der Waals surface area contributed by atoms with Gasteiger partial charge in [-0.05, 0) is 54.2 Å². The van der Waals surface area contributed by atoms with Gasteiger partial charge >= 0.3 is 0 Å². The van der Waals surface area contributed by atoms with Gasteiger partial charge in [-0.15, -0.1) is 0 Å². The molecule has 2 aromatic carbocycles. The molecule has 4 heteroatoms. The minimum absolute atomic E-state index is 0.0322. The van der Waals surface area contributed by atoms with Crippen molar-refractivity contribution in [3.05, 3.63) is 70.2 Å². The zero-order chi connectivity index (χ0) is 19.4. The van der Waals surface area contributed by atoms with Crippen molar-refractivity contribution >= 4 is 24.2 Å². The second-order valence-electron chi connectivity index (χ2n) is 8.54. The zero-order valence-electron chi connectivity index (χ0n) is 16.6. The molecule has 2 rings (SSSR count). The van der Waals surface area contributed by atoms with E-state index in [1.165, 1.54) is 11.1 Å². The largest absolute Gasteiger partial charge is 0.408 e. The molecule has 2 atom stereocenters. The monoisotopic (exact) mass is 433 g/mol. The average molecular weight is 434 g/mol. The van der Waals surface area contributed by atoms with Gasteiger partial charge < -0.3 is 10.2 Å². The Kier molecular flexibility index (Phi) is 7.25. The predicted molar refractivity (Wildman–Crippen MR) is 118 cm³/mol. The van der Waals surface area contributed by atoms with Gasteiger partial charge in [-0.3, -0.25) is 0 Å². The molecule has 2 aromatic rings. The molecule has 0 unspecified atom stereocenters. The van der Waals surface area contributed by atoms with Crippen LogP contribution in [-0.4, -0.2) is 14.4 Å². The summed E-state index contributed by atoms with van der Waals surface area (Å²) in [5, 5.41) is 0.158. The topological polar surface area (TPSA) is 35.2 Å². The molecule has 0 bridgehead atoms. The summed E-state index contributed by atoms with van der Waals surface area (Å²) in [6.07, 6.45) is 1.79. The van der Waals surface area contributed by atoms with Gasteiger partial charge in [0.15, 0.2) is 8.32 Å². The summed E-state index contributed by atoms with van der Waals surface area (Å²) in [7, 11) is -1.92. The summed E-state index contributed by atoms with van der Waals surface area (Å²) in [6.45, 7) is 11.4. The number of rotatable bonds is 7. The lowest BCUT2D eigenvalue weighted by Gasteiger charge is -2.41. The Labute approximate surface area is 168 Å². The molecular weight excluding hydrogens is 402 g/mol. The van der Waals surface area contributed by atoms with E-state index in [9.17, 15) is 0 Å². The van der Waals surface area contributed by atoms with E-state index in [1.807, 2.05) is 6.07 Å².